The van der Waals surface area contributed by atoms with Crippen LogP contribution in [0.25, 0.3) is 5.65 Å². The molecular formula is C16H20N6O2. The molecule has 3 rings (SSSR count). The highest BCUT2D eigenvalue weighted by molar-refractivity contribution is 5.92. The van der Waals surface area contributed by atoms with Crippen molar-refractivity contribution in [3.63, 3.8) is 0 Å². The van der Waals surface area contributed by atoms with Crippen LogP contribution in [0.15, 0.2) is 29.2 Å². The minimum absolute atomic E-state index is 0.0663. The van der Waals surface area contributed by atoms with Crippen LogP contribution in [0.4, 0.5) is 0 Å². The largest absolute Gasteiger partial charge is 0.342 e. The Balaban J connectivity index is 1.98. The number of nitrogens with one attached hydrogen (secondary N) is 2. The van der Waals surface area contributed by atoms with E-state index >= 15 is 0 Å². The zero-order valence-corrected chi connectivity index (χ0v) is 14.1. The zero-order chi connectivity index (χ0) is 17.4. The molecule has 0 saturated heterocycles. The molecular weight excluding hydrogens is 308 g/mol. The van der Waals surface area contributed by atoms with E-state index in [0.29, 0.717) is 17.0 Å². The van der Waals surface area contributed by atoms with Gasteiger partial charge in [0.25, 0.3) is 11.5 Å². The zero-order valence-electron chi connectivity index (χ0n) is 14.1. The highest BCUT2D eigenvalue weighted by atomic mass is 16.2. The molecule has 0 aliphatic rings. The third-order valence-corrected chi connectivity index (χ3v) is 3.92. The number of fused-ring (bicyclic) bond motifs is 1. The molecule has 1 amide bonds. The average molecular weight is 328 g/mol. The van der Waals surface area contributed by atoms with Gasteiger partial charge in [0, 0.05) is 31.1 Å². The molecule has 0 saturated carbocycles. The Bertz CT molecular complexity index is 949. The van der Waals surface area contributed by atoms with Crippen molar-refractivity contribution >= 4 is 11.6 Å². The second-order valence-corrected chi connectivity index (χ2v) is 6.19. The maximum atomic E-state index is 12.5. The molecule has 126 valence electrons. The van der Waals surface area contributed by atoms with Crippen LogP contribution in [0.3, 0.4) is 0 Å². The average Bonchev–Trinajstić information content (AvgIpc) is 3.09. The lowest BCUT2D eigenvalue weighted by Crippen LogP contribution is -2.34. The van der Waals surface area contributed by atoms with Gasteiger partial charge in [0.2, 0.25) is 0 Å². The van der Waals surface area contributed by atoms with Gasteiger partial charge in [-0.2, -0.15) is 5.10 Å². The molecule has 8 nitrogen and oxygen atoms in total. The molecule has 0 aromatic carbocycles. The van der Waals surface area contributed by atoms with Crippen LogP contribution in [-0.4, -0.2) is 30.3 Å². The van der Waals surface area contributed by atoms with E-state index in [9.17, 15) is 9.59 Å². The monoisotopic (exact) mass is 328 g/mol. The summed E-state index contributed by atoms with van der Waals surface area (Å²) in [5.41, 5.74) is 2.18. The predicted molar refractivity (Wildman–Crippen MR) is 88.8 cm³/mol. The van der Waals surface area contributed by atoms with Crippen LogP contribution < -0.4 is 10.9 Å². The fourth-order valence-corrected chi connectivity index (χ4v) is 2.68. The molecule has 3 aromatic heterocycles. The fourth-order valence-electron chi connectivity index (χ4n) is 2.68. The van der Waals surface area contributed by atoms with Gasteiger partial charge in [-0.1, -0.05) is 13.8 Å². The Kier molecular flexibility index (Phi) is 3.96. The standard InChI is InChI=1S/C16H20N6O2/c1-9(2)15(19-16(24)12-5-6-17-21(12)4)11-8-14(23)22-13(18-11)7-10(3)20-22/h5-9,15,20H,1-4H3,(H,19,24)/t15-/m1/s1. The molecule has 0 radical (unpaired) electrons. The van der Waals surface area contributed by atoms with Crippen molar-refractivity contribution in [1.29, 1.82) is 0 Å². The third kappa shape index (κ3) is 2.82. The molecule has 0 aliphatic carbocycles. The quantitative estimate of drug-likeness (QED) is 0.752. The van der Waals surface area contributed by atoms with Gasteiger partial charge < -0.3 is 5.32 Å². The summed E-state index contributed by atoms with van der Waals surface area (Å²) in [5, 5.41) is 9.89. The van der Waals surface area contributed by atoms with E-state index in [-0.39, 0.29) is 23.4 Å². The van der Waals surface area contributed by atoms with Crippen LogP contribution in [0.5, 0.6) is 0 Å². The first kappa shape index (κ1) is 16.0. The van der Waals surface area contributed by atoms with Gasteiger partial charge >= 0.3 is 0 Å². The predicted octanol–water partition coefficient (Wildman–Crippen LogP) is 1.19. The molecule has 0 spiro atoms. The molecule has 3 heterocycles. The number of aryl methyl sites for hydroxylation is 2. The first-order valence-electron chi connectivity index (χ1n) is 7.75. The summed E-state index contributed by atoms with van der Waals surface area (Å²) in [4.78, 5) is 29.3. The van der Waals surface area contributed by atoms with Crippen molar-refractivity contribution in [2.45, 2.75) is 26.8 Å². The minimum atomic E-state index is -0.375. The Hall–Kier alpha value is -2.90. The topological polar surface area (TPSA) is 97.1 Å². The van der Waals surface area contributed by atoms with Crippen LogP contribution in [0.1, 0.15) is 41.8 Å². The number of hydrogen-bond acceptors (Lipinski definition) is 4. The first-order valence-corrected chi connectivity index (χ1v) is 7.75. The second kappa shape index (κ2) is 5.95. The summed E-state index contributed by atoms with van der Waals surface area (Å²) < 4.78 is 2.90. The lowest BCUT2D eigenvalue weighted by Gasteiger charge is -2.21. The summed E-state index contributed by atoms with van der Waals surface area (Å²) in [7, 11) is 1.71. The van der Waals surface area contributed by atoms with Gasteiger partial charge in [-0.05, 0) is 18.9 Å². The van der Waals surface area contributed by atoms with Gasteiger partial charge in [-0.3, -0.25) is 19.4 Å². The van der Waals surface area contributed by atoms with E-state index < -0.39 is 0 Å². The van der Waals surface area contributed by atoms with Gasteiger partial charge in [-0.25, -0.2) is 9.50 Å². The molecule has 0 fully saturated rings. The minimum Gasteiger partial charge on any atom is -0.342 e. The lowest BCUT2D eigenvalue weighted by molar-refractivity contribution is 0.0914. The number of aromatic nitrogens is 5. The fraction of sp³-hybridized carbons (Fsp3) is 0.375. The van der Waals surface area contributed by atoms with E-state index in [0.717, 1.165) is 5.69 Å². The summed E-state index contributed by atoms with van der Waals surface area (Å²) in [6, 6.07) is 4.52. The molecule has 2 N–H and O–H groups in total. The second-order valence-electron chi connectivity index (χ2n) is 6.19. The Morgan fingerprint density at radius 1 is 1.33 bits per heavy atom. The van der Waals surface area contributed by atoms with Crippen molar-refractivity contribution in [3.05, 3.63) is 51.8 Å². The summed E-state index contributed by atoms with van der Waals surface area (Å²) >= 11 is 0. The summed E-state index contributed by atoms with van der Waals surface area (Å²) in [6.45, 7) is 5.80. The number of rotatable bonds is 4. The smallest absolute Gasteiger partial charge is 0.272 e. The van der Waals surface area contributed by atoms with E-state index in [1.165, 1.54) is 15.3 Å². The lowest BCUT2D eigenvalue weighted by atomic mass is 10.0. The Labute approximate surface area is 138 Å². The molecule has 24 heavy (non-hydrogen) atoms. The number of nitrogens with zero attached hydrogens (tertiary/aromatic N) is 4. The van der Waals surface area contributed by atoms with Crippen molar-refractivity contribution in [2.75, 3.05) is 0 Å². The molecule has 0 aliphatic heterocycles. The van der Waals surface area contributed by atoms with Crippen molar-refractivity contribution in [1.82, 2.24) is 29.7 Å². The normalized spacial score (nSPS) is 12.7. The van der Waals surface area contributed by atoms with Gasteiger partial charge in [0.05, 0.1) is 11.7 Å². The maximum absolute atomic E-state index is 12.5. The van der Waals surface area contributed by atoms with Crippen LogP contribution in [0, 0.1) is 12.8 Å². The first-order chi connectivity index (χ1) is 11.4. The van der Waals surface area contributed by atoms with Crippen molar-refractivity contribution in [2.24, 2.45) is 13.0 Å². The molecule has 0 bridgehead atoms. The Morgan fingerprint density at radius 3 is 2.71 bits per heavy atom. The number of H-pyrrole nitrogens is 1. The highest BCUT2D eigenvalue weighted by Gasteiger charge is 2.23. The summed E-state index contributed by atoms with van der Waals surface area (Å²) in [5.74, 6) is -0.183. The van der Waals surface area contributed by atoms with E-state index in [1.807, 2.05) is 20.8 Å². The van der Waals surface area contributed by atoms with Gasteiger partial charge in [-0.15, -0.1) is 0 Å². The number of hydrogen-bond donors (Lipinski definition) is 2. The number of carbonyl (C=O) groups is 1. The van der Waals surface area contributed by atoms with Crippen LogP contribution in [-0.2, 0) is 7.05 Å². The van der Waals surface area contributed by atoms with Crippen LogP contribution >= 0.6 is 0 Å². The maximum Gasteiger partial charge on any atom is 0.272 e. The summed E-state index contributed by atoms with van der Waals surface area (Å²) in [6.07, 6.45) is 1.57. The van der Waals surface area contributed by atoms with E-state index in [4.69, 9.17) is 0 Å². The molecule has 8 heteroatoms. The van der Waals surface area contributed by atoms with E-state index in [1.54, 1.807) is 25.4 Å². The van der Waals surface area contributed by atoms with Crippen molar-refractivity contribution in [3.8, 4) is 0 Å². The SMILES string of the molecule is Cc1cc2nc([C@H](NC(=O)c3ccnn3C)C(C)C)cc(=O)n2[nH]1. The molecule has 3 aromatic rings. The van der Waals surface area contributed by atoms with Crippen LogP contribution in [0.2, 0.25) is 0 Å². The van der Waals surface area contributed by atoms with Gasteiger partial charge in [0.1, 0.15) is 5.69 Å². The van der Waals surface area contributed by atoms with Gasteiger partial charge in [0.15, 0.2) is 5.65 Å². The number of amides is 1. The molecule has 0 unspecified atom stereocenters. The third-order valence-electron chi connectivity index (χ3n) is 3.92. The molecule has 1 atom stereocenters. The Morgan fingerprint density at radius 2 is 2.08 bits per heavy atom. The van der Waals surface area contributed by atoms with Crippen molar-refractivity contribution < 1.29 is 4.79 Å². The number of carbonyl (C=O) groups excluding carboxylic acids is 1. The number of aromatic amines is 1. The van der Waals surface area contributed by atoms with E-state index in [2.05, 4.69) is 20.5 Å². The highest BCUT2D eigenvalue weighted by Crippen LogP contribution is 2.20.